The van der Waals surface area contributed by atoms with Crippen LogP contribution in [0.5, 0.6) is 0 Å². The smallest absolute Gasteiger partial charge is 0.337 e. The molecule has 2 aromatic carbocycles. The van der Waals surface area contributed by atoms with E-state index in [1.807, 2.05) is 30.3 Å². The van der Waals surface area contributed by atoms with E-state index in [9.17, 15) is 14.3 Å². The number of esters is 1. The van der Waals surface area contributed by atoms with Crippen molar-refractivity contribution in [3.63, 3.8) is 0 Å². The van der Waals surface area contributed by atoms with Crippen LogP contribution in [-0.2, 0) is 23.7 Å². The zero-order chi connectivity index (χ0) is 22.9. The number of ether oxygens (including phenoxy) is 4. The Morgan fingerprint density at radius 3 is 2.76 bits per heavy atom. The molecule has 5 rings (SSSR count). The fourth-order valence-corrected chi connectivity index (χ4v) is 4.21. The van der Waals surface area contributed by atoms with E-state index < -0.39 is 48.5 Å². The highest BCUT2D eigenvalue weighted by atomic mass is 19.1. The molecule has 1 N–H and O–H groups in total. The minimum absolute atomic E-state index is 0.131. The number of rotatable bonds is 4. The maximum atomic E-state index is 13.7. The van der Waals surface area contributed by atoms with E-state index in [0.29, 0.717) is 11.3 Å². The summed E-state index contributed by atoms with van der Waals surface area (Å²) in [4.78, 5) is 12.3. The molecule has 2 unspecified atom stereocenters. The van der Waals surface area contributed by atoms with Crippen LogP contribution in [0, 0.1) is 5.82 Å². The maximum Gasteiger partial charge on any atom is 0.337 e. The molecule has 3 heterocycles. The zero-order valence-corrected chi connectivity index (χ0v) is 17.7. The molecule has 3 aromatic rings. The van der Waals surface area contributed by atoms with Gasteiger partial charge >= 0.3 is 5.97 Å². The van der Waals surface area contributed by atoms with Crippen LogP contribution >= 0.6 is 0 Å². The Labute approximate surface area is 188 Å². The van der Waals surface area contributed by atoms with Crippen molar-refractivity contribution in [2.24, 2.45) is 0 Å². The Bertz CT molecular complexity index is 1130. The van der Waals surface area contributed by atoms with E-state index in [1.165, 1.54) is 23.9 Å². The third-order valence-corrected chi connectivity index (χ3v) is 5.82. The molecule has 10 heteroatoms. The molecule has 1 aromatic heterocycles. The molecule has 2 aliphatic heterocycles. The fourth-order valence-electron chi connectivity index (χ4n) is 4.21. The minimum Gasteiger partial charge on any atom is -0.467 e. The monoisotopic (exact) mass is 455 g/mol. The van der Waals surface area contributed by atoms with Gasteiger partial charge in [-0.3, -0.25) is 0 Å². The highest BCUT2D eigenvalue weighted by Gasteiger charge is 2.53. The number of halogens is 1. The van der Waals surface area contributed by atoms with Gasteiger partial charge < -0.3 is 24.1 Å². The van der Waals surface area contributed by atoms with Crippen molar-refractivity contribution in [3.05, 3.63) is 72.2 Å². The molecule has 0 amide bonds. The van der Waals surface area contributed by atoms with Crippen LogP contribution in [0.1, 0.15) is 17.9 Å². The van der Waals surface area contributed by atoms with Crippen molar-refractivity contribution in [1.82, 2.24) is 15.0 Å². The lowest BCUT2D eigenvalue weighted by molar-refractivity contribution is -0.314. The number of hydrogen-bond acceptors (Lipinski definition) is 8. The second-order valence-electron chi connectivity index (χ2n) is 7.87. The summed E-state index contributed by atoms with van der Waals surface area (Å²) in [7, 11) is 1.22. The topological polar surface area (TPSA) is 105 Å². The molecular weight excluding hydrogens is 433 g/mol. The van der Waals surface area contributed by atoms with Crippen LogP contribution in [0.25, 0.3) is 11.3 Å². The number of benzene rings is 2. The van der Waals surface area contributed by atoms with Crippen molar-refractivity contribution in [3.8, 4) is 11.3 Å². The number of carbonyl (C=O) groups excluding carboxylic acids is 1. The summed E-state index contributed by atoms with van der Waals surface area (Å²) in [6.45, 7) is 0.131. The molecule has 0 saturated carbocycles. The summed E-state index contributed by atoms with van der Waals surface area (Å²) in [6, 6.07) is 14.5. The van der Waals surface area contributed by atoms with Crippen molar-refractivity contribution in [2.75, 3.05) is 13.7 Å². The van der Waals surface area contributed by atoms with Crippen molar-refractivity contribution in [1.29, 1.82) is 0 Å². The largest absolute Gasteiger partial charge is 0.467 e. The molecule has 2 saturated heterocycles. The Morgan fingerprint density at radius 1 is 1.18 bits per heavy atom. The Hall–Kier alpha value is -3.18. The number of nitrogens with zero attached hydrogens (tertiary/aromatic N) is 3. The molecule has 2 fully saturated rings. The summed E-state index contributed by atoms with van der Waals surface area (Å²) >= 11 is 0. The summed E-state index contributed by atoms with van der Waals surface area (Å²) in [6.07, 6.45) is -3.08. The lowest BCUT2D eigenvalue weighted by Crippen LogP contribution is -2.61. The SMILES string of the molecule is COC(=O)C1O[C@@H]2COC(c3ccccc3)O[C@@H]2[C@H](n2cc(-c3cccc(F)c3)nn2)[C@H]1O. The summed E-state index contributed by atoms with van der Waals surface area (Å²) in [5.41, 5.74) is 1.74. The average Bonchev–Trinajstić information content (AvgIpc) is 3.33. The van der Waals surface area contributed by atoms with Gasteiger partial charge in [0, 0.05) is 11.1 Å². The van der Waals surface area contributed by atoms with Crippen LogP contribution in [0.15, 0.2) is 60.8 Å². The second kappa shape index (κ2) is 8.99. The number of aliphatic hydroxyl groups excluding tert-OH is 1. The maximum absolute atomic E-state index is 13.7. The van der Waals surface area contributed by atoms with Crippen LogP contribution in [0.4, 0.5) is 4.39 Å². The van der Waals surface area contributed by atoms with Gasteiger partial charge in [-0.1, -0.05) is 47.7 Å². The van der Waals surface area contributed by atoms with Gasteiger partial charge in [0.2, 0.25) is 0 Å². The lowest BCUT2D eigenvalue weighted by Gasteiger charge is -2.47. The van der Waals surface area contributed by atoms with E-state index in [-0.39, 0.29) is 6.61 Å². The highest BCUT2D eigenvalue weighted by Crippen LogP contribution is 2.39. The molecule has 172 valence electrons. The molecule has 2 aliphatic rings. The van der Waals surface area contributed by atoms with Crippen LogP contribution < -0.4 is 0 Å². The number of carbonyl (C=O) groups is 1. The van der Waals surface area contributed by atoms with Crippen LogP contribution in [0.3, 0.4) is 0 Å². The molecule has 0 spiro atoms. The van der Waals surface area contributed by atoms with E-state index in [2.05, 4.69) is 10.3 Å². The van der Waals surface area contributed by atoms with Gasteiger partial charge in [0.15, 0.2) is 12.4 Å². The fraction of sp³-hybridized carbons (Fsp3) is 0.348. The Balaban J connectivity index is 1.49. The second-order valence-corrected chi connectivity index (χ2v) is 7.87. The summed E-state index contributed by atoms with van der Waals surface area (Å²) in [5.74, 6) is -1.13. The zero-order valence-electron chi connectivity index (χ0n) is 17.7. The molecular formula is C23H22FN3O6. The Kier molecular flexibility index (Phi) is 5.90. The normalized spacial score (nSPS) is 29.3. The standard InChI is InChI=1S/C23H22FN3O6/c1-30-22(29)21-19(28)18(27-11-16(25-26-27)14-8-5-9-15(24)10-14)20-17(32-21)12-31-23(33-20)13-6-3-2-4-7-13/h2-11,17-21,23,28H,12H2,1H3/t17-,18-,19-,20+,21?,23?/m1/s1. The van der Waals surface area contributed by atoms with E-state index in [4.69, 9.17) is 18.9 Å². The van der Waals surface area contributed by atoms with Gasteiger partial charge in [0.05, 0.1) is 19.9 Å². The number of aromatic nitrogens is 3. The van der Waals surface area contributed by atoms with Gasteiger partial charge in [0.25, 0.3) is 0 Å². The predicted octanol–water partition coefficient (Wildman–Crippen LogP) is 2.04. The van der Waals surface area contributed by atoms with Crippen LogP contribution in [-0.4, -0.2) is 64.2 Å². The van der Waals surface area contributed by atoms with Gasteiger partial charge in [-0.15, -0.1) is 5.10 Å². The number of fused-ring (bicyclic) bond motifs is 1. The van der Waals surface area contributed by atoms with E-state index >= 15 is 0 Å². The molecule has 9 nitrogen and oxygen atoms in total. The van der Waals surface area contributed by atoms with Crippen molar-refractivity contribution in [2.45, 2.75) is 36.7 Å². The summed E-state index contributed by atoms with van der Waals surface area (Å²) < 4.78 is 37.8. The van der Waals surface area contributed by atoms with Crippen molar-refractivity contribution >= 4 is 5.97 Å². The third kappa shape index (κ3) is 4.13. The predicted molar refractivity (Wildman–Crippen MR) is 111 cm³/mol. The Morgan fingerprint density at radius 2 is 2.00 bits per heavy atom. The molecule has 0 radical (unpaired) electrons. The highest BCUT2D eigenvalue weighted by molar-refractivity contribution is 5.75. The average molecular weight is 455 g/mol. The first kappa shape index (κ1) is 21.7. The van der Waals surface area contributed by atoms with E-state index in [1.54, 1.807) is 18.3 Å². The molecule has 0 aliphatic carbocycles. The first-order valence-corrected chi connectivity index (χ1v) is 10.5. The van der Waals surface area contributed by atoms with Crippen molar-refractivity contribution < 1.29 is 33.2 Å². The van der Waals surface area contributed by atoms with Crippen LogP contribution in [0.2, 0.25) is 0 Å². The van der Waals surface area contributed by atoms with Gasteiger partial charge in [-0.05, 0) is 12.1 Å². The number of hydrogen-bond donors (Lipinski definition) is 1. The minimum atomic E-state index is -1.34. The first-order valence-electron chi connectivity index (χ1n) is 10.5. The molecule has 0 bridgehead atoms. The van der Waals surface area contributed by atoms with Gasteiger partial charge in [0.1, 0.15) is 35.9 Å². The molecule has 33 heavy (non-hydrogen) atoms. The molecule has 6 atom stereocenters. The number of methoxy groups -OCH3 is 1. The van der Waals surface area contributed by atoms with Gasteiger partial charge in [-0.2, -0.15) is 0 Å². The summed E-state index contributed by atoms with van der Waals surface area (Å²) in [5, 5.41) is 19.4. The van der Waals surface area contributed by atoms with E-state index in [0.717, 1.165) is 5.56 Å². The first-order chi connectivity index (χ1) is 16.0. The quantitative estimate of drug-likeness (QED) is 0.596. The lowest BCUT2D eigenvalue weighted by atomic mass is 9.91. The number of aliphatic hydroxyl groups is 1. The van der Waals surface area contributed by atoms with Gasteiger partial charge in [-0.25, -0.2) is 13.9 Å². The third-order valence-electron chi connectivity index (χ3n) is 5.82.